The summed E-state index contributed by atoms with van der Waals surface area (Å²) in [7, 11) is 0. The van der Waals surface area contributed by atoms with Gasteiger partial charge in [-0.15, -0.1) is 0 Å². The zero-order valence-corrected chi connectivity index (χ0v) is 14.9. The fourth-order valence-electron chi connectivity index (χ4n) is 3.82. The molecular weight excluding hydrogens is 347 g/mol. The normalized spacial score (nSPS) is 11.0. The Hall–Kier alpha value is -3.90. The van der Waals surface area contributed by atoms with Crippen molar-refractivity contribution in [2.24, 2.45) is 0 Å². The number of halogens is 1. The third-order valence-corrected chi connectivity index (χ3v) is 5.08. The third-order valence-electron chi connectivity index (χ3n) is 5.08. The van der Waals surface area contributed by atoms with E-state index in [4.69, 9.17) is 6.57 Å². The van der Waals surface area contributed by atoms with Crippen molar-refractivity contribution < 1.29 is 4.39 Å². The molecule has 0 aliphatic carbocycles. The monoisotopic (exact) mass is 362 g/mol. The van der Waals surface area contributed by atoms with Crippen molar-refractivity contribution in [2.75, 3.05) is 0 Å². The lowest BCUT2D eigenvalue weighted by Crippen LogP contribution is -1.94. The van der Waals surface area contributed by atoms with Crippen molar-refractivity contribution in [2.45, 2.75) is 0 Å². The van der Waals surface area contributed by atoms with Crippen molar-refractivity contribution in [3.63, 3.8) is 0 Å². The van der Waals surface area contributed by atoms with E-state index in [-0.39, 0.29) is 5.82 Å². The summed E-state index contributed by atoms with van der Waals surface area (Å²) in [5.74, 6) is -0.382. The second-order valence-electron chi connectivity index (χ2n) is 6.70. The Balaban J connectivity index is 1.76. The number of nitrogens with zero attached hydrogens (tertiary/aromatic N) is 2. The molecule has 0 atom stereocenters. The van der Waals surface area contributed by atoms with E-state index in [1.165, 1.54) is 16.8 Å². The van der Waals surface area contributed by atoms with E-state index in [2.05, 4.69) is 33.7 Å². The largest absolute Gasteiger partial charge is 0.309 e. The molecule has 28 heavy (non-hydrogen) atoms. The van der Waals surface area contributed by atoms with Gasteiger partial charge in [0.2, 0.25) is 0 Å². The molecule has 5 aromatic rings. The van der Waals surface area contributed by atoms with E-state index >= 15 is 0 Å². The summed E-state index contributed by atoms with van der Waals surface area (Å²) in [4.78, 5) is 3.30. The van der Waals surface area contributed by atoms with Gasteiger partial charge in [0, 0.05) is 22.0 Å². The van der Waals surface area contributed by atoms with Crippen LogP contribution in [0.2, 0.25) is 0 Å². The van der Waals surface area contributed by atoms with Gasteiger partial charge in [-0.2, -0.15) is 0 Å². The Morgan fingerprint density at radius 2 is 1.39 bits per heavy atom. The van der Waals surface area contributed by atoms with E-state index < -0.39 is 0 Å². The van der Waals surface area contributed by atoms with Gasteiger partial charge in [0.05, 0.1) is 17.6 Å². The molecule has 0 saturated heterocycles. The molecule has 0 fully saturated rings. The smallest absolute Gasteiger partial charge is 0.190 e. The zero-order chi connectivity index (χ0) is 19.1. The number of benzene rings is 4. The molecule has 0 spiro atoms. The maximum Gasteiger partial charge on any atom is 0.190 e. The number of hydrogen-bond acceptors (Lipinski definition) is 0. The van der Waals surface area contributed by atoms with Gasteiger partial charge in [0.1, 0.15) is 5.82 Å². The predicted octanol–water partition coefficient (Wildman–Crippen LogP) is 7.14. The molecule has 1 aromatic heterocycles. The van der Waals surface area contributed by atoms with Crippen LogP contribution < -0.4 is 0 Å². The van der Waals surface area contributed by atoms with Crippen LogP contribution in [0.4, 0.5) is 10.1 Å². The van der Waals surface area contributed by atoms with E-state index in [1.807, 2.05) is 48.5 Å². The molecule has 0 bridgehead atoms. The van der Waals surface area contributed by atoms with Gasteiger partial charge in [0.25, 0.3) is 0 Å². The molecule has 0 unspecified atom stereocenters. The van der Waals surface area contributed by atoms with Crippen molar-refractivity contribution in [3.8, 4) is 16.8 Å². The van der Waals surface area contributed by atoms with Gasteiger partial charge in [-0.3, -0.25) is 0 Å². The zero-order valence-electron chi connectivity index (χ0n) is 14.9. The number of aromatic nitrogens is 1. The van der Waals surface area contributed by atoms with Crippen LogP contribution in [0.3, 0.4) is 0 Å². The topological polar surface area (TPSA) is 9.29 Å². The molecule has 0 amide bonds. The van der Waals surface area contributed by atoms with Gasteiger partial charge >= 0.3 is 0 Å². The number of hydrogen-bond donors (Lipinski definition) is 0. The molecule has 0 saturated carbocycles. The van der Waals surface area contributed by atoms with Crippen LogP contribution >= 0.6 is 0 Å². The average molecular weight is 362 g/mol. The highest BCUT2D eigenvalue weighted by atomic mass is 19.1. The second kappa shape index (κ2) is 6.37. The molecule has 4 aromatic carbocycles. The van der Waals surface area contributed by atoms with Gasteiger partial charge < -0.3 is 4.57 Å². The van der Waals surface area contributed by atoms with Gasteiger partial charge in [-0.25, -0.2) is 9.24 Å². The number of para-hydroxylation sites is 2. The highest BCUT2D eigenvalue weighted by Crippen LogP contribution is 2.34. The summed E-state index contributed by atoms with van der Waals surface area (Å²) in [6.07, 6.45) is 0. The quantitative estimate of drug-likeness (QED) is 0.295. The summed E-state index contributed by atoms with van der Waals surface area (Å²) in [6.45, 7) is 7.05. The summed E-state index contributed by atoms with van der Waals surface area (Å²) in [6, 6.07) is 29.1. The molecule has 0 aliphatic heterocycles. The first-order chi connectivity index (χ1) is 13.8. The van der Waals surface area contributed by atoms with Crippen LogP contribution in [0.25, 0.3) is 43.5 Å². The van der Waals surface area contributed by atoms with Crippen LogP contribution in [0.1, 0.15) is 0 Å². The first-order valence-electron chi connectivity index (χ1n) is 9.02. The molecule has 0 N–H and O–H groups in total. The van der Waals surface area contributed by atoms with E-state index in [0.29, 0.717) is 11.3 Å². The van der Waals surface area contributed by atoms with Crippen molar-refractivity contribution in [1.29, 1.82) is 0 Å². The average Bonchev–Trinajstić information content (AvgIpc) is 3.08. The van der Waals surface area contributed by atoms with Gasteiger partial charge in [-0.05, 0) is 35.9 Å². The minimum Gasteiger partial charge on any atom is -0.309 e. The highest BCUT2D eigenvalue weighted by Gasteiger charge is 2.13. The SMILES string of the molecule is [C-]#[N+]c1ccc(-c2cccc(-n3c4ccccc4c4ccccc43)c2)c(F)c1. The fourth-order valence-corrected chi connectivity index (χ4v) is 3.82. The minimum absolute atomic E-state index is 0.305. The van der Waals surface area contributed by atoms with Crippen LogP contribution in [-0.4, -0.2) is 4.57 Å². The molecule has 3 heteroatoms. The molecule has 0 aliphatic rings. The van der Waals surface area contributed by atoms with Crippen molar-refractivity contribution in [3.05, 3.63) is 108 Å². The van der Waals surface area contributed by atoms with Gasteiger partial charge in [-0.1, -0.05) is 60.7 Å². The van der Waals surface area contributed by atoms with Crippen LogP contribution in [0.5, 0.6) is 0 Å². The van der Waals surface area contributed by atoms with Crippen LogP contribution in [0, 0.1) is 12.4 Å². The lowest BCUT2D eigenvalue weighted by molar-refractivity contribution is 0.632. The molecule has 5 rings (SSSR count). The van der Waals surface area contributed by atoms with E-state index in [1.54, 1.807) is 12.1 Å². The second-order valence-corrected chi connectivity index (χ2v) is 6.70. The first kappa shape index (κ1) is 16.3. The minimum atomic E-state index is -0.382. The molecule has 132 valence electrons. The Labute approximate surface area is 161 Å². The Morgan fingerprint density at radius 1 is 0.714 bits per heavy atom. The maximum atomic E-state index is 14.6. The Kier molecular flexibility index (Phi) is 3.70. The molecule has 0 radical (unpaired) electrons. The van der Waals surface area contributed by atoms with Crippen LogP contribution in [-0.2, 0) is 0 Å². The lowest BCUT2D eigenvalue weighted by Gasteiger charge is -2.11. The van der Waals surface area contributed by atoms with Crippen molar-refractivity contribution in [1.82, 2.24) is 4.57 Å². The molecule has 2 nitrogen and oxygen atoms in total. The van der Waals surface area contributed by atoms with E-state index in [9.17, 15) is 4.39 Å². The lowest BCUT2D eigenvalue weighted by atomic mass is 10.0. The summed E-state index contributed by atoms with van der Waals surface area (Å²) in [5, 5.41) is 2.38. The highest BCUT2D eigenvalue weighted by molar-refractivity contribution is 6.09. The summed E-state index contributed by atoms with van der Waals surface area (Å²) in [5.41, 5.74) is 4.79. The molecular formula is C25H15FN2. The number of fused-ring (bicyclic) bond motifs is 3. The fraction of sp³-hybridized carbons (Fsp3) is 0. The summed E-state index contributed by atoms with van der Waals surface area (Å²) < 4.78 is 16.8. The Morgan fingerprint density at radius 3 is 2.04 bits per heavy atom. The summed E-state index contributed by atoms with van der Waals surface area (Å²) >= 11 is 0. The van der Waals surface area contributed by atoms with Crippen LogP contribution in [0.15, 0.2) is 91.0 Å². The van der Waals surface area contributed by atoms with Crippen molar-refractivity contribution >= 4 is 27.5 Å². The third kappa shape index (κ3) is 2.47. The maximum absolute atomic E-state index is 14.6. The van der Waals surface area contributed by atoms with Gasteiger partial charge in [0.15, 0.2) is 5.69 Å². The predicted molar refractivity (Wildman–Crippen MR) is 112 cm³/mol. The Bertz CT molecular complexity index is 1340. The first-order valence-corrected chi connectivity index (χ1v) is 9.02. The number of rotatable bonds is 2. The molecule has 1 heterocycles. The standard InChI is InChI=1S/C25H15FN2/c1-27-18-13-14-20(23(26)16-18)17-7-6-8-19(15-17)28-24-11-4-2-9-21(24)22-10-3-5-12-25(22)28/h2-16H. The van der Waals surface area contributed by atoms with E-state index in [0.717, 1.165) is 22.3 Å².